The summed E-state index contributed by atoms with van der Waals surface area (Å²) < 4.78 is 63.3. The van der Waals surface area contributed by atoms with E-state index in [9.17, 15) is 22.1 Å². The lowest BCUT2D eigenvalue weighted by molar-refractivity contribution is 0.481. The average molecular weight is 503 g/mol. The highest BCUT2D eigenvalue weighted by Crippen LogP contribution is 2.36. The first-order chi connectivity index (χ1) is 15.9. The van der Waals surface area contributed by atoms with Gasteiger partial charge in [0.1, 0.15) is 11.8 Å². The smallest absolute Gasteiger partial charge is 0.294 e. The Morgan fingerprint density at radius 3 is 1.68 bits per heavy atom. The van der Waals surface area contributed by atoms with Gasteiger partial charge in [-0.1, -0.05) is 0 Å². The fourth-order valence-corrected chi connectivity index (χ4v) is 3.88. The lowest BCUT2D eigenvalue weighted by atomic mass is 10.1. The molecule has 0 bridgehead atoms. The fourth-order valence-electron chi connectivity index (χ4n) is 2.92. The van der Waals surface area contributed by atoms with Crippen LogP contribution in [0.5, 0.6) is 0 Å². The van der Waals surface area contributed by atoms with E-state index in [-0.39, 0.29) is 32.7 Å². The largest absolute Gasteiger partial charge is 0.339 e. The van der Waals surface area contributed by atoms with Crippen molar-refractivity contribution < 1.29 is 25.9 Å². The van der Waals surface area contributed by atoms with Gasteiger partial charge in [0.2, 0.25) is 0 Å². The van der Waals surface area contributed by atoms with Gasteiger partial charge in [-0.15, -0.1) is 0 Å². The van der Waals surface area contributed by atoms with Gasteiger partial charge in [-0.2, -0.15) is 32.3 Å². The Kier molecular flexibility index (Phi) is 6.93. The van der Waals surface area contributed by atoms with Crippen LogP contribution in [0.4, 0.5) is 28.7 Å². The molecular formula is C20H18N6O6S2. The fraction of sp³-hybridized carbons (Fsp3) is 0.100. The predicted molar refractivity (Wildman–Crippen MR) is 123 cm³/mol. The number of rotatable bonds is 7. The normalized spacial score (nSPS) is 11.9. The standard InChI is InChI=1S/C20H18N6O6S2/c1-12-17(11-21)19(23-13-3-7-15(8-4-13)33(27,28)29)25-20(18(12)26-22-2)24-14-5-9-16(10-6-14)34(30,31)32/h3-10H,1-2H3,(H2,23,24,25)(H,27,28,29)(H,30,31,32)/b26-22-. The van der Waals surface area contributed by atoms with Crippen LogP contribution in [-0.2, 0) is 20.2 Å². The van der Waals surface area contributed by atoms with Crippen molar-refractivity contribution in [2.75, 3.05) is 17.7 Å². The molecule has 14 heteroatoms. The Labute approximate surface area is 195 Å². The van der Waals surface area contributed by atoms with Crippen LogP contribution in [0.15, 0.2) is 68.6 Å². The second-order valence-corrected chi connectivity index (χ2v) is 9.66. The van der Waals surface area contributed by atoms with E-state index in [1.165, 1.54) is 55.6 Å². The molecule has 0 fully saturated rings. The number of nitriles is 1. The number of anilines is 4. The van der Waals surface area contributed by atoms with Crippen LogP contribution >= 0.6 is 0 Å². The first-order valence-corrected chi connectivity index (χ1v) is 12.3. The highest BCUT2D eigenvalue weighted by Gasteiger charge is 2.19. The molecule has 176 valence electrons. The maximum Gasteiger partial charge on any atom is 0.294 e. The molecule has 2 aromatic carbocycles. The Balaban J connectivity index is 2.05. The van der Waals surface area contributed by atoms with Gasteiger partial charge in [-0.25, -0.2) is 4.98 Å². The molecule has 0 aliphatic heterocycles. The first kappa shape index (κ1) is 24.7. The van der Waals surface area contributed by atoms with Gasteiger partial charge in [0.25, 0.3) is 20.2 Å². The van der Waals surface area contributed by atoms with E-state index >= 15 is 0 Å². The number of benzene rings is 2. The molecule has 0 saturated carbocycles. The zero-order chi connectivity index (χ0) is 25.1. The summed E-state index contributed by atoms with van der Waals surface area (Å²) in [6.45, 7) is 1.64. The van der Waals surface area contributed by atoms with Gasteiger partial charge in [0.05, 0.1) is 15.4 Å². The van der Waals surface area contributed by atoms with E-state index in [2.05, 4.69) is 25.8 Å². The van der Waals surface area contributed by atoms with Crippen LogP contribution in [0.25, 0.3) is 0 Å². The maximum absolute atomic E-state index is 11.3. The van der Waals surface area contributed by atoms with Crippen LogP contribution < -0.4 is 10.6 Å². The van der Waals surface area contributed by atoms with Crippen molar-refractivity contribution in [3.05, 3.63) is 59.7 Å². The molecule has 0 unspecified atom stereocenters. The van der Waals surface area contributed by atoms with E-state index < -0.39 is 20.2 Å². The average Bonchev–Trinajstić information content (AvgIpc) is 2.76. The van der Waals surface area contributed by atoms with E-state index in [1.807, 2.05) is 6.07 Å². The molecular weight excluding hydrogens is 484 g/mol. The lowest BCUT2D eigenvalue weighted by Crippen LogP contribution is -2.05. The zero-order valence-corrected chi connectivity index (χ0v) is 19.4. The summed E-state index contributed by atoms with van der Waals surface area (Å²) in [5.41, 5.74) is 1.68. The third kappa shape index (κ3) is 5.53. The molecule has 0 aliphatic carbocycles. The summed E-state index contributed by atoms with van der Waals surface area (Å²) in [6.07, 6.45) is 0. The highest BCUT2D eigenvalue weighted by atomic mass is 32.2. The van der Waals surface area contributed by atoms with Crippen molar-refractivity contribution in [2.24, 2.45) is 10.2 Å². The molecule has 4 N–H and O–H groups in total. The summed E-state index contributed by atoms with van der Waals surface area (Å²) in [4.78, 5) is 3.84. The van der Waals surface area contributed by atoms with Gasteiger partial charge in [0.15, 0.2) is 11.6 Å². The number of azo groups is 1. The third-order valence-electron chi connectivity index (χ3n) is 4.56. The van der Waals surface area contributed by atoms with Gasteiger partial charge < -0.3 is 10.6 Å². The molecule has 3 rings (SSSR count). The van der Waals surface area contributed by atoms with Crippen molar-refractivity contribution in [3.8, 4) is 6.07 Å². The van der Waals surface area contributed by atoms with Crippen molar-refractivity contribution in [2.45, 2.75) is 16.7 Å². The van der Waals surface area contributed by atoms with E-state index in [0.29, 0.717) is 16.9 Å². The van der Waals surface area contributed by atoms with Crippen molar-refractivity contribution in [1.82, 2.24) is 4.98 Å². The number of pyridine rings is 1. The van der Waals surface area contributed by atoms with Gasteiger partial charge in [-0.3, -0.25) is 9.11 Å². The van der Waals surface area contributed by atoms with Gasteiger partial charge in [0, 0.05) is 24.0 Å². The molecule has 1 heterocycles. The molecule has 0 aliphatic rings. The Bertz CT molecular complexity index is 1510. The molecule has 0 amide bonds. The minimum absolute atomic E-state index is 0.131. The van der Waals surface area contributed by atoms with Crippen LogP contribution in [0.3, 0.4) is 0 Å². The second-order valence-electron chi connectivity index (χ2n) is 6.82. The first-order valence-electron chi connectivity index (χ1n) is 9.37. The van der Waals surface area contributed by atoms with Crippen LogP contribution in [0.1, 0.15) is 11.1 Å². The Morgan fingerprint density at radius 2 is 1.29 bits per heavy atom. The predicted octanol–water partition coefficient (Wildman–Crippen LogP) is 3.96. The molecule has 1 aromatic heterocycles. The van der Waals surface area contributed by atoms with E-state index in [1.54, 1.807) is 6.92 Å². The minimum atomic E-state index is -4.36. The van der Waals surface area contributed by atoms with E-state index in [4.69, 9.17) is 9.11 Å². The van der Waals surface area contributed by atoms with Crippen LogP contribution in [0.2, 0.25) is 0 Å². The topological polar surface area (TPSA) is 194 Å². The zero-order valence-electron chi connectivity index (χ0n) is 17.8. The molecule has 0 spiro atoms. The Morgan fingerprint density at radius 1 is 0.853 bits per heavy atom. The van der Waals surface area contributed by atoms with Crippen LogP contribution in [0, 0.1) is 18.3 Å². The summed E-state index contributed by atoms with van der Waals surface area (Å²) >= 11 is 0. The summed E-state index contributed by atoms with van der Waals surface area (Å²) in [5, 5.41) is 23.4. The van der Waals surface area contributed by atoms with Crippen LogP contribution in [-0.4, -0.2) is 38.0 Å². The number of nitrogens with one attached hydrogen (secondary N) is 2. The molecule has 34 heavy (non-hydrogen) atoms. The second kappa shape index (κ2) is 9.53. The monoisotopic (exact) mass is 502 g/mol. The highest BCUT2D eigenvalue weighted by molar-refractivity contribution is 7.86. The van der Waals surface area contributed by atoms with E-state index in [0.717, 1.165) is 0 Å². The maximum atomic E-state index is 11.3. The minimum Gasteiger partial charge on any atom is -0.339 e. The summed E-state index contributed by atoms with van der Waals surface area (Å²) in [7, 11) is -7.27. The number of nitrogens with zero attached hydrogens (tertiary/aromatic N) is 4. The lowest BCUT2D eigenvalue weighted by Gasteiger charge is -2.16. The molecule has 0 saturated heterocycles. The number of aromatic nitrogens is 1. The van der Waals surface area contributed by atoms with Crippen molar-refractivity contribution >= 4 is 48.9 Å². The molecule has 0 radical (unpaired) electrons. The SMILES string of the molecule is C/N=N\c1c(Nc2ccc(S(=O)(=O)O)cc2)nc(Nc2ccc(S(=O)(=O)O)cc2)c(C#N)c1C. The summed E-state index contributed by atoms with van der Waals surface area (Å²) in [5.74, 6) is 0.325. The third-order valence-corrected chi connectivity index (χ3v) is 6.29. The van der Waals surface area contributed by atoms with Crippen molar-refractivity contribution in [1.29, 1.82) is 5.26 Å². The Hall–Kier alpha value is -3.90. The molecule has 12 nitrogen and oxygen atoms in total. The number of hydrogen-bond acceptors (Lipinski definition) is 10. The summed E-state index contributed by atoms with van der Waals surface area (Å²) in [6, 6.07) is 12.4. The molecule has 0 atom stereocenters. The van der Waals surface area contributed by atoms with Crippen molar-refractivity contribution in [3.63, 3.8) is 0 Å². The van der Waals surface area contributed by atoms with Gasteiger partial charge >= 0.3 is 0 Å². The number of hydrogen-bond donors (Lipinski definition) is 4. The molecule has 3 aromatic rings. The van der Waals surface area contributed by atoms with Gasteiger partial charge in [-0.05, 0) is 55.5 Å². The quantitative estimate of drug-likeness (QED) is 0.271.